The molecule has 1 aliphatic rings. The Balaban J connectivity index is 2.52. The molecule has 2 N–H and O–H groups in total. The van der Waals surface area contributed by atoms with Gasteiger partial charge in [0.15, 0.2) is 0 Å². The van der Waals surface area contributed by atoms with Crippen LogP contribution >= 0.6 is 0 Å². The molecular formula is C9H18N4O2S. The summed E-state index contributed by atoms with van der Waals surface area (Å²) in [4.78, 5) is 2.02. The molecule has 0 amide bonds. The Bertz CT molecular complexity index is 354. The van der Waals surface area contributed by atoms with Crippen molar-refractivity contribution in [3.63, 3.8) is 0 Å². The molecule has 6 nitrogen and oxygen atoms in total. The lowest BCUT2D eigenvalue weighted by molar-refractivity contribution is 0.156. The smallest absolute Gasteiger partial charge is 0.276 e. The van der Waals surface area contributed by atoms with Gasteiger partial charge in [-0.05, 0) is 6.42 Å². The van der Waals surface area contributed by atoms with Crippen LogP contribution in [-0.2, 0) is 10.2 Å². The van der Waals surface area contributed by atoms with Gasteiger partial charge in [0.05, 0.1) is 12.1 Å². The standard InChI is InChI=1S/C9H18N4O2S/c1-2-3-9(8-10)12-4-6-13(7-5-12)16(11,14)15/h9H,2-7H2,1H3,(H2,11,14,15). The fourth-order valence-corrected chi connectivity index (χ4v) is 2.54. The normalized spacial score (nSPS) is 21.6. The maximum atomic E-state index is 11.1. The Hall–Kier alpha value is -0.680. The number of nitrogens with zero attached hydrogens (tertiary/aromatic N) is 3. The van der Waals surface area contributed by atoms with Gasteiger partial charge in [-0.15, -0.1) is 0 Å². The Kier molecular flexibility index (Phi) is 4.68. The van der Waals surface area contributed by atoms with E-state index in [9.17, 15) is 8.42 Å². The fourth-order valence-electron chi connectivity index (χ4n) is 1.87. The van der Waals surface area contributed by atoms with Gasteiger partial charge in [0.25, 0.3) is 10.2 Å². The van der Waals surface area contributed by atoms with Crippen molar-refractivity contribution in [2.75, 3.05) is 26.2 Å². The molecule has 92 valence electrons. The van der Waals surface area contributed by atoms with E-state index in [2.05, 4.69) is 6.07 Å². The molecule has 1 unspecified atom stereocenters. The van der Waals surface area contributed by atoms with Gasteiger partial charge < -0.3 is 0 Å². The minimum atomic E-state index is -3.57. The second-order valence-electron chi connectivity index (χ2n) is 3.91. The molecule has 0 saturated carbocycles. The van der Waals surface area contributed by atoms with Gasteiger partial charge in [-0.1, -0.05) is 13.3 Å². The van der Waals surface area contributed by atoms with Crippen molar-refractivity contribution in [2.45, 2.75) is 25.8 Å². The second-order valence-corrected chi connectivity index (χ2v) is 5.46. The number of nitrogens with two attached hydrogens (primary N) is 1. The molecule has 0 aliphatic carbocycles. The van der Waals surface area contributed by atoms with Gasteiger partial charge in [0, 0.05) is 26.2 Å². The van der Waals surface area contributed by atoms with Crippen molar-refractivity contribution in [1.82, 2.24) is 9.21 Å². The van der Waals surface area contributed by atoms with Crippen LogP contribution in [0.3, 0.4) is 0 Å². The van der Waals surface area contributed by atoms with Crippen molar-refractivity contribution in [2.24, 2.45) is 5.14 Å². The Morgan fingerprint density at radius 1 is 1.38 bits per heavy atom. The van der Waals surface area contributed by atoms with Crippen LogP contribution < -0.4 is 5.14 Å². The first-order chi connectivity index (χ1) is 7.49. The highest BCUT2D eigenvalue weighted by Gasteiger charge is 2.27. The second kappa shape index (κ2) is 5.59. The van der Waals surface area contributed by atoms with E-state index in [-0.39, 0.29) is 6.04 Å². The van der Waals surface area contributed by atoms with Crippen LogP contribution in [-0.4, -0.2) is 49.8 Å². The van der Waals surface area contributed by atoms with Crippen molar-refractivity contribution < 1.29 is 8.42 Å². The van der Waals surface area contributed by atoms with Crippen LogP contribution in [0.5, 0.6) is 0 Å². The quantitative estimate of drug-likeness (QED) is 0.724. The Morgan fingerprint density at radius 2 is 1.94 bits per heavy atom. The lowest BCUT2D eigenvalue weighted by atomic mass is 10.1. The van der Waals surface area contributed by atoms with Gasteiger partial charge in [-0.2, -0.15) is 18.0 Å². The first-order valence-corrected chi connectivity index (χ1v) is 6.91. The molecule has 0 radical (unpaired) electrons. The summed E-state index contributed by atoms with van der Waals surface area (Å²) in [6.07, 6.45) is 1.78. The SMILES string of the molecule is CCCC(C#N)N1CCN(S(N)(=O)=O)CC1. The van der Waals surface area contributed by atoms with Crippen LogP contribution in [0.2, 0.25) is 0 Å². The average Bonchev–Trinajstić information content (AvgIpc) is 2.25. The molecule has 0 aromatic carbocycles. The summed E-state index contributed by atoms with van der Waals surface area (Å²) >= 11 is 0. The van der Waals surface area contributed by atoms with E-state index in [0.29, 0.717) is 26.2 Å². The third-order valence-electron chi connectivity index (χ3n) is 2.79. The molecule has 7 heteroatoms. The predicted octanol–water partition coefficient (Wildman–Crippen LogP) is -0.500. The van der Waals surface area contributed by atoms with Crippen LogP contribution in [0.1, 0.15) is 19.8 Å². The topological polar surface area (TPSA) is 90.4 Å². The zero-order valence-electron chi connectivity index (χ0n) is 9.46. The van der Waals surface area contributed by atoms with Gasteiger partial charge in [0.2, 0.25) is 0 Å². The lowest BCUT2D eigenvalue weighted by Gasteiger charge is -2.35. The van der Waals surface area contributed by atoms with Gasteiger partial charge in [-0.3, -0.25) is 4.90 Å². The third-order valence-corrected chi connectivity index (χ3v) is 3.87. The highest BCUT2D eigenvalue weighted by molar-refractivity contribution is 7.86. The molecule has 1 heterocycles. The molecule has 1 atom stereocenters. The number of hydrogen-bond donors (Lipinski definition) is 1. The maximum absolute atomic E-state index is 11.1. The summed E-state index contributed by atoms with van der Waals surface area (Å²) in [6, 6.07) is 2.15. The molecule has 1 fully saturated rings. The van der Waals surface area contributed by atoms with E-state index in [1.807, 2.05) is 11.8 Å². The number of piperazine rings is 1. The Labute approximate surface area is 96.8 Å². The zero-order valence-corrected chi connectivity index (χ0v) is 10.3. The van der Waals surface area contributed by atoms with Crippen LogP contribution in [0.25, 0.3) is 0 Å². The minimum Gasteiger partial charge on any atom is -0.285 e. The van der Waals surface area contributed by atoms with Crippen LogP contribution in [0.4, 0.5) is 0 Å². The van der Waals surface area contributed by atoms with E-state index in [1.165, 1.54) is 4.31 Å². The first-order valence-electron chi connectivity index (χ1n) is 5.40. The predicted molar refractivity (Wildman–Crippen MR) is 60.6 cm³/mol. The summed E-state index contributed by atoms with van der Waals surface area (Å²) in [5.41, 5.74) is 0. The van der Waals surface area contributed by atoms with Crippen molar-refractivity contribution in [3.8, 4) is 6.07 Å². The highest BCUT2D eigenvalue weighted by Crippen LogP contribution is 2.11. The number of hydrogen-bond acceptors (Lipinski definition) is 4. The molecule has 1 saturated heterocycles. The fraction of sp³-hybridized carbons (Fsp3) is 0.889. The maximum Gasteiger partial charge on any atom is 0.276 e. The van der Waals surface area contributed by atoms with E-state index in [4.69, 9.17) is 10.4 Å². The molecule has 0 bridgehead atoms. The van der Waals surface area contributed by atoms with Crippen molar-refractivity contribution >= 4 is 10.2 Å². The van der Waals surface area contributed by atoms with Gasteiger partial charge in [-0.25, -0.2) is 5.14 Å². The lowest BCUT2D eigenvalue weighted by Crippen LogP contribution is -2.53. The minimum absolute atomic E-state index is 0.104. The summed E-state index contributed by atoms with van der Waals surface area (Å²) in [6.45, 7) is 3.94. The average molecular weight is 246 g/mol. The van der Waals surface area contributed by atoms with Crippen molar-refractivity contribution in [3.05, 3.63) is 0 Å². The number of rotatable bonds is 4. The third kappa shape index (κ3) is 3.42. The molecule has 1 rings (SSSR count). The Morgan fingerprint density at radius 3 is 2.31 bits per heavy atom. The first kappa shape index (κ1) is 13.4. The molecule has 16 heavy (non-hydrogen) atoms. The summed E-state index contributed by atoms with van der Waals surface area (Å²) in [7, 11) is -3.57. The molecule has 1 aliphatic heterocycles. The van der Waals surface area contributed by atoms with Gasteiger partial charge in [0.1, 0.15) is 0 Å². The van der Waals surface area contributed by atoms with Crippen LogP contribution in [0.15, 0.2) is 0 Å². The summed E-state index contributed by atoms with van der Waals surface area (Å²) in [5, 5.41) is 14.0. The zero-order chi connectivity index (χ0) is 12.2. The van der Waals surface area contributed by atoms with E-state index < -0.39 is 10.2 Å². The van der Waals surface area contributed by atoms with Gasteiger partial charge >= 0.3 is 0 Å². The summed E-state index contributed by atoms with van der Waals surface area (Å²) < 4.78 is 23.4. The molecule has 0 aromatic heterocycles. The van der Waals surface area contributed by atoms with E-state index in [0.717, 1.165) is 12.8 Å². The molecule has 0 spiro atoms. The van der Waals surface area contributed by atoms with E-state index in [1.54, 1.807) is 0 Å². The van der Waals surface area contributed by atoms with Crippen molar-refractivity contribution in [1.29, 1.82) is 5.26 Å². The van der Waals surface area contributed by atoms with Crippen LogP contribution in [0, 0.1) is 11.3 Å². The molecule has 0 aromatic rings. The largest absolute Gasteiger partial charge is 0.285 e. The number of nitriles is 1. The monoisotopic (exact) mass is 246 g/mol. The molecular weight excluding hydrogens is 228 g/mol. The van der Waals surface area contributed by atoms with E-state index >= 15 is 0 Å². The highest BCUT2D eigenvalue weighted by atomic mass is 32.2. The summed E-state index contributed by atoms with van der Waals surface area (Å²) in [5.74, 6) is 0.